The number of carbonyl (C=O) groups excluding carboxylic acids is 1. The number of nitrogens with zero attached hydrogens (tertiary/aromatic N) is 1. The summed E-state index contributed by atoms with van der Waals surface area (Å²) in [6.07, 6.45) is -0.340. The van der Waals surface area contributed by atoms with Gasteiger partial charge in [0.15, 0.2) is 0 Å². The van der Waals surface area contributed by atoms with Crippen LogP contribution >= 0.6 is 0 Å². The Hall–Kier alpha value is -1.55. The molecule has 1 aromatic carbocycles. The van der Waals surface area contributed by atoms with Crippen LogP contribution in [0.3, 0.4) is 0 Å². The van der Waals surface area contributed by atoms with Gasteiger partial charge in [-0.2, -0.15) is 0 Å². The van der Waals surface area contributed by atoms with Gasteiger partial charge in [0.25, 0.3) is 0 Å². The fraction of sp³-hybridized carbons (Fsp3) is 0.417. The van der Waals surface area contributed by atoms with Crippen molar-refractivity contribution in [2.45, 2.75) is 26.4 Å². The number of β-amino-alcohol motifs (C(OH)–C–C–N with tert-alkyl or cyclic N) is 1. The number of hydrogen-bond acceptors (Lipinski definition) is 3. The third-order valence-electron chi connectivity index (χ3n) is 2.98. The van der Waals surface area contributed by atoms with E-state index in [2.05, 4.69) is 0 Å². The first-order valence-electron chi connectivity index (χ1n) is 5.34. The Balaban J connectivity index is 2.41. The highest BCUT2D eigenvalue weighted by molar-refractivity contribution is 5.97. The van der Waals surface area contributed by atoms with E-state index in [1.54, 1.807) is 4.90 Å². The van der Waals surface area contributed by atoms with E-state index in [4.69, 9.17) is 5.73 Å². The average molecular weight is 220 g/mol. The molecule has 1 unspecified atom stereocenters. The Bertz CT molecular complexity index is 443. The maximum Gasteiger partial charge on any atom is 0.229 e. The lowest BCUT2D eigenvalue weighted by Crippen LogP contribution is -2.26. The first-order chi connectivity index (χ1) is 7.49. The SMILES string of the molecule is Cc1cc(N2CC(O)CC2=O)c(C)cc1N. The molecular weight excluding hydrogens is 204 g/mol. The summed E-state index contributed by atoms with van der Waals surface area (Å²) in [6.45, 7) is 4.21. The van der Waals surface area contributed by atoms with Gasteiger partial charge in [-0.05, 0) is 37.1 Å². The molecule has 86 valence electrons. The molecule has 0 aliphatic carbocycles. The summed E-state index contributed by atoms with van der Waals surface area (Å²) in [6, 6.07) is 3.77. The molecule has 0 aromatic heterocycles. The van der Waals surface area contributed by atoms with E-state index in [9.17, 15) is 9.90 Å². The normalized spacial score (nSPS) is 20.6. The molecule has 0 spiro atoms. The van der Waals surface area contributed by atoms with E-state index < -0.39 is 6.10 Å². The summed E-state index contributed by atoms with van der Waals surface area (Å²) < 4.78 is 0. The van der Waals surface area contributed by atoms with Crippen molar-refractivity contribution >= 4 is 17.3 Å². The summed E-state index contributed by atoms with van der Waals surface area (Å²) in [4.78, 5) is 13.3. The first kappa shape index (κ1) is 11.0. The zero-order valence-corrected chi connectivity index (χ0v) is 9.53. The van der Waals surface area contributed by atoms with Gasteiger partial charge in [0, 0.05) is 11.4 Å². The third-order valence-corrected chi connectivity index (χ3v) is 2.98. The molecule has 1 atom stereocenters. The van der Waals surface area contributed by atoms with Crippen LogP contribution in [0.15, 0.2) is 12.1 Å². The second-order valence-corrected chi connectivity index (χ2v) is 4.36. The minimum Gasteiger partial charge on any atom is -0.399 e. The van der Waals surface area contributed by atoms with Crippen LogP contribution in [0.25, 0.3) is 0 Å². The van der Waals surface area contributed by atoms with Crippen molar-refractivity contribution in [2.24, 2.45) is 0 Å². The van der Waals surface area contributed by atoms with Crippen LogP contribution in [-0.4, -0.2) is 23.7 Å². The van der Waals surface area contributed by atoms with Crippen molar-refractivity contribution in [3.8, 4) is 0 Å². The van der Waals surface area contributed by atoms with Gasteiger partial charge in [-0.25, -0.2) is 0 Å². The number of amides is 1. The second kappa shape index (κ2) is 3.79. The minimum atomic E-state index is -0.551. The lowest BCUT2D eigenvalue weighted by Gasteiger charge is -2.19. The van der Waals surface area contributed by atoms with E-state index in [1.165, 1.54) is 0 Å². The van der Waals surface area contributed by atoms with Crippen LogP contribution in [0.4, 0.5) is 11.4 Å². The van der Waals surface area contributed by atoms with E-state index >= 15 is 0 Å². The molecule has 1 aromatic rings. The number of hydrogen-bond donors (Lipinski definition) is 2. The summed E-state index contributed by atoms with van der Waals surface area (Å²) in [7, 11) is 0. The zero-order valence-electron chi connectivity index (χ0n) is 9.53. The minimum absolute atomic E-state index is 0.0280. The molecule has 1 amide bonds. The molecule has 2 rings (SSSR count). The molecule has 16 heavy (non-hydrogen) atoms. The monoisotopic (exact) mass is 220 g/mol. The molecule has 4 nitrogen and oxygen atoms in total. The summed E-state index contributed by atoms with van der Waals surface area (Å²) in [5.41, 5.74) is 9.30. The number of anilines is 2. The van der Waals surface area contributed by atoms with Crippen LogP contribution < -0.4 is 10.6 Å². The van der Waals surface area contributed by atoms with E-state index in [0.717, 1.165) is 22.5 Å². The van der Waals surface area contributed by atoms with Gasteiger partial charge in [0.05, 0.1) is 19.1 Å². The van der Waals surface area contributed by atoms with Crippen LogP contribution in [0.5, 0.6) is 0 Å². The topological polar surface area (TPSA) is 66.6 Å². The molecule has 1 saturated heterocycles. The lowest BCUT2D eigenvalue weighted by atomic mass is 10.1. The van der Waals surface area contributed by atoms with Crippen molar-refractivity contribution in [2.75, 3.05) is 17.2 Å². The molecule has 3 N–H and O–H groups in total. The zero-order chi connectivity index (χ0) is 11.9. The van der Waals surface area contributed by atoms with Gasteiger partial charge in [0.2, 0.25) is 5.91 Å². The fourth-order valence-electron chi connectivity index (χ4n) is 2.04. The Morgan fingerprint density at radius 3 is 2.62 bits per heavy atom. The summed E-state index contributed by atoms with van der Waals surface area (Å²) in [5, 5.41) is 9.46. The Labute approximate surface area is 94.7 Å². The molecule has 4 heteroatoms. The van der Waals surface area contributed by atoms with Gasteiger partial charge < -0.3 is 15.7 Å². The average Bonchev–Trinajstić information content (AvgIpc) is 2.51. The maximum absolute atomic E-state index is 11.7. The molecular formula is C12H16N2O2. The van der Waals surface area contributed by atoms with Crippen molar-refractivity contribution in [3.63, 3.8) is 0 Å². The smallest absolute Gasteiger partial charge is 0.229 e. The number of aryl methyl sites for hydroxylation is 2. The largest absolute Gasteiger partial charge is 0.399 e. The number of aliphatic hydroxyl groups is 1. The maximum atomic E-state index is 11.7. The Morgan fingerprint density at radius 2 is 2.06 bits per heavy atom. The summed E-state index contributed by atoms with van der Waals surface area (Å²) in [5.74, 6) is -0.0280. The van der Waals surface area contributed by atoms with Crippen molar-refractivity contribution < 1.29 is 9.90 Å². The van der Waals surface area contributed by atoms with Crippen LogP contribution in [0, 0.1) is 13.8 Å². The highest BCUT2D eigenvalue weighted by Gasteiger charge is 2.30. The van der Waals surface area contributed by atoms with Crippen LogP contribution in [0.2, 0.25) is 0 Å². The molecule has 1 aliphatic heterocycles. The van der Waals surface area contributed by atoms with Crippen LogP contribution in [-0.2, 0) is 4.79 Å². The fourth-order valence-corrected chi connectivity index (χ4v) is 2.04. The van der Waals surface area contributed by atoms with Gasteiger partial charge in [-0.3, -0.25) is 4.79 Å². The highest BCUT2D eigenvalue weighted by atomic mass is 16.3. The lowest BCUT2D eigenvalue weighted by molar-refractivity contribution is -0.117. The number of carbonyl (C=O) groups is 1. The molecule has 1 aliphatic rings. The van der Waals surface area contributed by atoms with Gasteiger partial charge in [0.1, 0.15) is 0 Å². The number of benzene rings is 1. The Morgan fingerprint density at radius 1 is 1.38 bits per heavy atom. The molecule has 0 saturated carbocycles. The molecule has 1 heterocycles. The van der Waals surface area contributed by atoms with Gasteiger partial charge in [-0.1, -0.05) is 0 Å². The number of aliphatic hydroxyl groups excluding tert-OH is 1. The number of nitrogens with two attached hydrogens (primary N) is 1. The highest BCUT2D eigenvalue weighted by Crippen LogP contribution is 2.28. The Kier molecular flexibility index (Phi) is 2.59. The third kappa shape index (κ3) is 1.76. The predicted molar refractivity (Wildman–Crippen MR) is 63.3 cm³/mol. The molecule has 0 bridgehead atoms. The second-order valence-electron chi connectivity index (χ2n) is 4.36. The standard InChI is InChI=1S/C12H16N2O2/c1-7-4-11(8(2)3-10(7)13)14-6-9(15)5-12(14)16/h3-4,9,15H,5-6,13H2,1-2H3. The van der Waals surface area contributed by atoms with Crippen molar-refractivity contribution in [1.29, 1.82) is 0 Å². The van der Waals surface area contributed by atoms with Gasteiger partial charge >= 0.3 is 0 Å². The van der Waals surface area contributed by atoms with E-state index in [0.29, 0.717) is 6.54 Å². The first-order valence-corrected chi connectivity index (χ1v) is 5.34. The van der Waals surface area contributed by atoms with Gasteiger partial charge in [-0.15, -0.1) is 0 Å². The van der Waals surface area contributed by atoms with Crippen LogP contribution in [0.1, 0.15) is 17.5 Å². The number of nitrogen functional groups attached to an aromatic ring is 1. The van der Waals surface area contributed by atoms with Crippen molar-refractivity contribution in [1.82, 2.24) is 0 Å². The molecule has 1 fully saturated rings. The summed E-state index contributed by atoms with van der Waals surface area (Å²) >= 11 is 0. The van der Waals surface area contributed by atoms with E-state index in [1.807, 2.05) is 26.0 Å². The van der Waals surface area contributed by atoms with E-state index in [-0.39, 0.29) is 12.3 Å². The molecule has 0 radical (unpaired) electrons. The number of rotatable bonds is 1. The van der Waals surface area contributed by atoms with Crippen molar-refractivity contribution in [3.05, 3.63) is 23.3 Å². The predicted octanol–water partition coefficient (Wildman–Crippen LogP) is 0.983. The quantitative estimate of drug-likeness (QED) is 0.693.